The average molecular weight is 543 g/mol. The summed E-state index contributed by atoms with van der Waals surface area (Å²) in [6.07, 6.45) is 0.470. The predicted molar refractivity (Wildman–Crippen MR) is 155 cm³/mol. The van der Waals surface area contributed by atoms with E-state index in [1.807, 2.05) is 84.9 Å². The van der Waals surface area contributed by atoms with Crippen molar-refractivity contribution < 1.29 is 9.00 Å². The molecule has 10 heteroatoms. The molecule has 0 saturated carbocycles. The minimum atomic E-state index is -1.45. The number of thiophene rings is 1. The van der Waals surface area contributed by atoms with Gasteiger partial charge < -0.3 is 16.0 Å². The van der Waals surface area contributed by atoms with Crippen molar-refractivity contribution in [3.63, 3.8) is 0 Å². The maximum atomic E-state index is 13.2. The van der Waals surface area contributed by atoms with Crippen LogP contribution in [0.1, 0.15) is 18.0 Å². The van der Waals surface area contributed by atoms with Gasteiger partial charge in [0.2, 0.25) is 5.95 Å². The van der Waals surface area contributed by atoms with Crippen LogP contribution in [-0.2, 0) is 11.0 Å². The Morgan fingerprint density at radius 3 is 2.58 bits per heavy atom. The Kier molecular flexibility index (Phi) is 7.64. The number of nitrogens with one attached hydrogen (secondary N) is 4. The number of para-hydroxylation sites is 2. The van der Waals surface area contributed by atoms with E-state index in [0.717, 1.165) is 27.0 Å². The lowest BCUT2D eigenvalue weighted by atomic mass is 10.0. The van der Waals surface area contributed by atoms with Gasteiger partial charge >= 0.3 is 6.03 Å². The van der Waals surface area contributed by atoms with Gasteiger partial charge in [-0.2, -0.15) is 0 Å². The van der Waals surface area contributed by atoms with Gasteiger partial charge in [-0.15, -0.1) is 11.3 Å². The Labute approximate surface area is 226 Å². The third kappa shape index (κ3) is 6.17. The zero-order chi connectivity index (χ0) is 26.5. The first kappa shape index (κ1) is 25.4. The molecule has 5 aromatic rings. The van der Waals surface area contributed by atoms with Crippen LogP contribution in [-0.4, -0.2) is 20.2 Å². The standard InChI is InChI=1S/C28H26N6O2S2/c1-18(29)16-24(19-8-3-2-4-9-19)34-38(36)26-15-14-25(37-26)20-10-7-11-21(17-20)30-28(35)33-27-31-22-12-5-6-13-23(22)32-27/h2-15,17,24,34H,1,16,29H2,(H3,30,31,32,33,35). The number of hydrogen-bond donors (Lipinski definition) is 5. The third-order valence-electron chi connectivity index (χ3n) is 5.71. The predicted octanol–water partition coefficient (Wildman–Crippen LogP) is 6.15. The number of aromatic nitrogens is 2. The number of benzene rings is 3. The van der Waals surface area contributed by atoms with E-state index in [-0.39, 0.29) is 6.04 Å². The quantitative estimate of drug-likeness (QED) is 0.153. The maximum Gasteiger partial charge on any atom is 0.326 e. The lowest BCUT2D eigenvalue weighted by Gasteiger charge is -2.18. The Bertz CT molecular complexity index is 1580. The molecule has 2 aromatic heterocycles. The molecule has 3 aromatic carbocycles. The highest BCUT2D eigenvalue weighted by molar-refractivity contribution is 7.85. The Morgan fingerprint density at radius 2 is 1.79 bits per heavy atom. The number of aromatic amines is 1. The number of hydrogen-bond acceptors (Lipinski definition) is 5. The van der Waals surface area contributed by atoms with E-state index >= 15 is 0 Å². The van der Waals surface area contributed by atoms with E-state index < -0.39 is 17.0 Å². The van der Waals surface area contributed by atoms with Crippen molar-refractivity contribution in [1.82, 2.24) is 14.7 Å². The molecule has 192 valence electrons. The first-order valence-corrected chi connectivity index (χ1v) is 13.8. The molecule has 8 nitrogen and oxygen atoms in total. The SMILES string of the molecule is C=C(N)CC(NS(=O)c1ccc(-c2cccc(NC(=O)Nc3nc4ccccc4[nH]3)c2)s1)c1ccccc1. The van der Waals surface area contributed by atoms with Gasteiger partial charge in [0.05, 0.1) is 17.1 Å². The Morgan fingerprint density at radius 1 is 1.00 bits per heavy atom. The molecule has 2 unspecified atom stereocenters. The zero-order valence-corrected chi connectivity index (χ0v) is 21.9. The van der Waals surface area contributed by atoms with E-state index in [0.29, 0.717) is 28.0 Å². The summed E-state index contributed by atoms with van der Waals surface area (Å²) in [5.74, 6) is 0.366. The van der Waals surface area contributed by atoms with Crippen molar-refractivity contribution in [3.8, 4) is 10.4 Å². The van der Waals surface area contributed by atoms with Crippen molar-refractivity contribution in [3.05, 3.63) is 109 Å². The maximum absolute atomic E-state index is 13.2. The Hall–Kier alpha value is -4.25. The molecule has 0 aliphatic carbocycles. The third-order valence-corrected chi connectivity index (χ3v) is 8.34. The number of carbonyl (C=O) groups is 1. The van der Waals surface area contributed by atoms with Crippen LogP contribution < -0.4 is 21.1 Å². The lowest BCUT2D eigenvalue weighted by Crippen LogP contribution is -2.24. The average Bonchev–Trinajstić information content (AvgIpc) is 3.56. The summed E-state index contributed by atoms with van der Waals surface area (Å²) in [5, 5.41) is 5.56. The van der Waals surface area contributed by atoms with Crippen molar-refractivity contribution >= 4 is 51.0 Å². The minimum Gasteiger partial charge on any atom is -0.402 e. The summed E-state index contributed by atoms with van der Waals surface area (Å²) in [5.41, 5.74) is 10.5. The molecule has 2 heterocycles. The van der Waals surface area contributed by atoms with Gasteiger partial charge in [0.25, 0.3) is 0 Å². The second-order valence-corrected chi connectivity index (χ2v) is 11.1. The van der Waals surface area contributed by atoms with E-state index in [1.165, 1.54) is 11.3 Å². The number of rotatable bonds is 9. The molecule has 38 heavy (non-hydrogen) atoms. The number of carbonyl (C=O) groups excluding carboxylic acids is 1. The topological polar surface area (TPSA) is 125 Å². The molecule has 0 saturated heterocycles. The minimum absolute atomic E-state index is 0.224. The summed E-state index contributed by atoms with van der Waals surface area (Å²) in [7, 11) is -1.45. The van der Waals surface area contributed by atoms with Crippen LogP contribution in [0.2, 0.25) is 0 Å². The van der Waals surface area contributed by atoms with Crippen LogP contribution in [0, 0.1) is 0 Å². The second kappa shape index (κ2) is 11.4. The largest absolute Gasteiger partial charge is 0.402 e. The number of anilines is 2. The Balaban J connectivity index is 1.26. The summed E-state index contributed by atoms with van der Waals surface area (Å²) in [4.78, 5) is 20.9. The fourth-order valence-corrected chi connectivity index (χ4v) is 6.21. The molecule has 0 aliphatic heterocycles. The van der Waals surface area contributed by atoms with Crippen LogP contribution in [0.4, 0.5) is 16.4 Å². The molecule has 0 radical (unpaired) electrons. The lowest BCUT2D eigenvalue weighted by molar-refractivity contribution is 0.262. The number of nitrogens with two attached hydrogens (primary N) is 1. The van der Waals surface area contributed by atoms with Crippen LogP contribution in [0.3, 0.4) is 0 Å². The van der Waals surface area contributed by atoms with E-state index in [2.05, 4.69) is 31.9 Å². The van der Waals surface area contributed by atoms with Crippen molar-refractivity contribution in [1.29, 1.82) is 0 Å². The summed E-state index contributed by atoms with van der Waals surface area (Å²) in [6, 6.07) is 27.9. The first-order valence-electron chi connectivity index (χ1n) is 11.8. The summed E-state index contributed by atoms with van der Waals surface area (Å²) >= 11 is 1.42. The van der Waals surface area contributed by atoms with Gasteiger partial charge in [0.15, 0.2) is 0 Å². The molecule has 5 rings (SSSR count). The van der Waals surface area contributed by atoms with Gasteiger partial charge in [-0.1, -0.05) is 61.2 Å². The molecule has 6 N–H and O–H groups in total. The second-order valence-electron chi connectivity index (χ2n) is 8.59. The highest BCUT2D eigenvalue weighted by Crippen LogP contribution is 2.32. The number of fused-ring (bicyclic) bond motifs is 1. The van der Waals surface area contributed by atoms with Gasteiger partial charge in [-0.3, -0.25) is 5.32 Å². The number of imidazole rings is 1. The van der Waals surface area contributed by atoms with Crippen molar-refractivity contribution in [2.45, 2.75) is 16.7 Å². The number of amides is 2. The highest BCUT2D eigenvalue weighted by atomic mass is 32.2. The van der Waals surface area contributed by atoms with Gasteiger partial charge in [0, 0.05) is 22.7 Å². The highest BCUT2D eigenvalue weighted by Gasteiger charge is 2.17. The van der Waals surface area contributed by atoms with Gasteiger partial charge in [0.1, 0.15) is 15.2 Å². The molecule has 0 bridgehead atoms. The van der Waals surface area contributed by atoms with E-state index in [4.69, 9.17) is 5.73 Å². The molecule has 2 atom stereocenters. The van der Waals surface area contributed by atoms with Gasteiger partial charge in [-0.05, 0) is 47.5 Å². The number of urea groups is 1. The van der Waals surface area contributed by atoms with E-state index in [1.54, 1.807) is 6.07 Å². The number of nitrogens with zero attached hydrogens (tertiary/aromatic N) is 1. The molecule has 0 spiro atoms. The smallest absolute Gasteiger partial charge is 0.326 e. The molecule has 2 amide bonds. The van der Waals surface area contributed by atoms with Crippen LogP contribution in [0.25, 0.3) is 21.5 Å². The first-order chi connectivity index (χ1) is 18.4. The molecule has 0 fully saturated rings. The number of H-pyrrole nitrogens is 1. The van der Waals surface area contributed by atoms with Crippen LogP contribution >= 0.6 is 11.3 Å². The normalized spacial score (nSPS) is 12.6. The van der Waals surface area contributed by atoms with Crippen molar-refractivity contribution in [2.75, 3.05) is 10.6 Å². The molecule has 0 aliphatic rings. The summed E-state index contributed by atoms with van der Waals surface area (Å²) < 4.78 is 17.0. The van der Waals surface area contributed by atoms with Crippen LogP contribution in [0.15, 0.2) is 107 Å². The zero-order valence-electron chi connectivity index (χ0n) is 20.3. The van der Waals surface area contributed by atoms with Crippen molar-refractivity contribution in [2.24, 2.45) is 5.73 Å². The monoisotopic (exact) mass is 542 g/mol. The van der Waals surface area contributed by atoms with Gasteiger partial charge in [-0.25, -0.2) is 18.7 Å². The van der Waals surface area contributed by atoms with Crippen LogP contribution in [0.5, 0.6) is 0 Å². The summed E-state index contributed by atoms with van der Waals surface area (Å²) in [6.45, 7) is 3.81. The molecular formula is C28H26N6O2S2. The van der Waals surface area contributed by atoms with E-state index in [9.17, 15) is 9.00 Å². The fraction of sp³-hybridized carbons (Fsp3) is 0.0714. The molecular weight excluding hydrogens is 516 g/mol. The fourth-order valence-electron chi connectivity index (χ4n) is 3.97.